The molecule has 2 heteroatoms. The summed E-state index contributed by atoms with van der Waals surface area (Å²) in [6.07, 6.45) is 1.05. The average Bonchev–Trinajstić information content (AvgIpc) is 2.15. The minimum absolute atomic E-state index is 0.00914. The molecule has 0 aliphatic heterocycles. The Labute approximate surface area is 98.8 Å². The molecule has 0 spiro atoms. The lowest BCUT2D eigenvalue weighted by Crippen LogP contribution is -2.11. The Balaban J connectivity index is 3.02. The zero-order valence-corrected chi connectivity index (χ0v) is 11.0. The maximum absolute atomic E-state index is 5.94. The first-order chi connectivity index (χ1) is 7.33. The lowest BCUT2D eigenvalue weighted by molar-refractivity contribution is 0.401. The molecule has 0 saturated carbocycles. The number of ether oxygens (including phenoxy) is 1. The number of hydrogen-bond acceptors (Lipinski definition) is 2. The van der Waals surface area contributed by atoms with Gasteiger partial charge in [0.25, 0.3) is 0 Å². The van der Waals surface area contributed by atoms with Gasteiger partial charge < -0.3 is 10.5 Å². The molecule has 0 aliphatic carbocycles. The zero-order chi connectivity index (χ0) is 12.3. The van der Waals surface area contributed by atoms with E-state index in [1.165, 1.54) is 5.56 Å². The predicted molar refractivity (Wildman–Crippen MR) is 68.8 cm³/mol. The van der Waals surface area contributed by atoms with Gasteiger partial charge in [0.05, 0.1) is 7.11 Å². The first-order valence-electron chi connectivity index (χ1n) is 5.76. The summed E-state index contributed by atoms with van der Waals surface area (Å²) in [7, 11) is 1.69. The number of nitrogens with two attached hydrogens (primary N) is 1. The molecule has 16 heavy (non-hydrogen) atoms. The summed E-state index contributed by atoms with van der Waals surface area (Å²) in [6.45, 7) is 8.70. The highest BCUT2D eigenvalue weighted by Gasteiger charge is 2.14. The Morgan fingerprint density at radius 1 is 1.31 bits per heavy atom. The summed E-state index contributed by atoms with van der Waals surface area (Å²) in [5.74, 6) is 0.882. The molecule has 1 aromatic carbocycles. The summed E-state index contributed by atoms with van der Waals surface area (Å²) in [5.41, 5.74) is 8.65. The van der Waals surface area contributed by atoms with Gasteiger partial charge in [-0.15, -0.1) is 0 Å². The van der Waals surface area contributed by atoms with Crippen LogP contribution in [0.1, 0.15) is 44.9 Å². The van der Waals surface area contributed by atoms with Crippen molar-refractivity contribution in [2.75, 3.05) is 7.11 Å². The largest absolute Gasteiger partial charge is 0.496 e. The van der Waals surface area contributed by atoms with Gasteiger partial charge in [-0.25, -0.2) is 0 Å². The van der Waals surface area contributed by atoms with Gasteiger partial charge in [-0.1, -0.05) is 32.9 Å². The molecular formula is C14H23NO. The van der Waals surface area contributed by atoms with Crippen LogP contribution in [0.5, 0.6) is 5.75 Å². The highest BCUT2D eigenvalue weighted by Crippen LogP contribution is 2.28. The lowest BCUT2D eigenvalue weighted by Gasteiger charge is -2.20. The smallest absolute Gasteiger partial charge is 0.123 e. The van der Waals surface area contributed by atoms with Gasteiger partial charge in [-0.2, -0.15) is 0 Å². The molecule has 0 saturated heterocycles. The SMILES string of the molecule is COc1ccc(CC(C)(C)C)cc1C(C)N. The molecule has 1 unspecified atom stereocenters. The van der Waals surface area contributed by atoms with E-state index in [0.29, 0.717) is 5.41 Å². The van der Waals surface area contributed by atoms with Crippen LogP contribution in [0.4, 0.5) is 0 Å². The number of hydrogen-bond donors (Lipinski definition) is 1. The fraction of sp³-hybridized carbons (Fsp3) is 0.571. The number of rotatable bonds is 3. The van der Waals surface area contributed by atoms with Crippen LogP contribution in [0, 0.1) is 5.41 Å². The van der Waals surface area contributed by atoms with Crippen LogP contribution >= 0.6 is 0 Å². The number of methoxy groups -OCH3 is 1. The first kappa shape index (κ1) is 13.0. The van der Waals surface area contributed by atoms with Crippen LogP contribution in [0.25, 0.3) is 0 Å². The van der Waals surface area contributed by atoms with E-state index in [0.717, 1.165) is 17.7 Å². The molecule has 0 amide bonds. The predicted octanol–water partition coefficient (Wildman–Crippen LogP) is 3.30. The molecule has 0 bridgehead atoms. The fourth-order valence-corrected chi connectivity index (χ4v) is 1.86. The van der Waals surface area contributed by atoms with E-state index in [4.69, 9.17) is 10.5 Å². The Bertz CT molecular complexity index is 350. The summed E-state index contributed by atoms with van der Waals surface area (Å²) in [5, 5.41) is 0. The van der Waals surface area contributed by atoms with Crippen molar-refractivity contribution < 1.29 is 4.74 Å². The van der Waals surface area contributed by atoms with Crippen molar-refractivity contribution in [2.24, 2.45) is 11.1 Å². The molecule has 0 fully saturated rings. The summed E-state index contributed by atoms with van der Waals surface area (Å²) < 4.78 is 5.31. The van der Waals surface area contributed by atoms with E-state index in [1.807, 2.05) is 13.0 Å². The Hall–Kier alpha value is -1.02. The fourth-order valence-electron chi connectivity index (χ4n) is 1.86. The maximum Gasteiger partial charge on any atom is 0.123 e. The minimum Gasteiger partial charge on any atom is -0.496 e. The first-order valence-corrected chi connectivity index (χ1v) is 5.76. The molecule has 1 rings (SSSR count). The maximum atomic E-state index is 5.94. The molecule has 0 aliphatic rings. The third kappa shape index (κ3) is 3.53. The molecule has 0 heterocycles. The standard InChI is InChI=1S/C14H23NO/c1-10(15)12-8-11(9-14(2,3)4)6-7-13(12)16-5/h6-8,10H,9,15H2,1-5H3. The Morgan fingerprint density at radius 3 is 2.38 bits per heavy atom. The van der Waals surface area contributed by atoms with Crippen molar-refractivity contribution in [3.05, 3.63) is 29.3 Å². The number of benzene rings is 1. The zero-order valence-electron chi connectivity index (χ0n) is 11.0. The van der Waals surface area contributed by atoms with Gasteiger partial charge in [0.1, 0.15) is 5.75 Å². The van der Waals surface area contributed by atoms with E-state index in [-0.39, 0.29) is 6.04 Å². The molecule has 1 atom stereocenters. The van der Waals surface area contributed by atoms with Gasteiger partial charge in [0.2, 0.25) is 0 Å². The Morgan fingerprint density at radius 2 is 1.94 bits per heavy atom. The van der Waals surface area contributed by atoms with Gasteiger partial charge in [0.15, 0.2) is 0 Å². The third-order valence-corrected chi connectivity index (χ3v) is 2.52. The second-order valence-corrected chi connectivity index (χ2v) is 5.60. The van der Waals surface area contributed by atoms with Crippen LogP contribution in [-0.2, 0) is 6.42 Å². The molecule has 1 aromatic rings. The van der Waals surface area contributed by atoms with Gasteiger partial charge in [-0.05, 0) is 30.4 Å². The summed E-state index contributed by atoms with van der Waals surface area (Å²) in [6, 6.07) is 6.31. The molecule has 0 aromatic heterocycles. The van der Waals surface area contributed by atoms with Crippen molar-refractivity contribution in [2.45, 2.75) is 40.2 Å². The van der Waals surface area contributed by atoms with Crippen LogP contribution in [0.2, 0.25) is 0 Å². The van der Waals surface area contributed by atoms with Crippen molar-refractivity contribution in [3.8, 4) is 5.75 Å². The topological polar surface area (TPSA) is 35.2 Å². The van der Waals surface area contributed by atoms with E-state index in [9.17, 15) is 0 Å². The van der Waals surface area contributed by atoms with Gasteiger partial charge >= 0.3 is 0 Å². The lowest BCUT2D eigenvalue weighted by atomic mass is 9.87. The summed E-state index contributed by atoms with van der Waals surface area (Å²) in [4.78, 5) is 0. The quantitative estimate of drug-likeness (QED) is 0.850. The molecule has 2 N–H and O–H groups in total. The Kier molecular flexibility index (Phi) is 3.98. The van der Waals surface area contributed by atoms with Crippen LogP contribution < -0.4 is 10.5 Å². The average molecular weight is 221 g/mol. The van der Waals surface area contributed by atoms with Crippen molar-refractivity contribution in [3.63, 3.8) is 0 Å². The van der Waals surface area contributed by atoms with E-state index >= 15 is 0 Å². The second-order valence-electron chi connectivity index (χ2n) is 5.60. The van der Waals surface area contributed by atoms with Crippen molar-refractivity contribution in [1.82, 2.24) is 0 Å². The van der Waals surface area contributed by atoms with Crippen molar-refractivity contribution >= 4 is 0 Å². The van der Waals surface area contributed by atoms with Gasteiger partial charge in [-0.3, -0.25) is 0 Å². The van der Waals surface area contributed by atoms with Crippen molar-refractivity contribution in [1.29, 1.82) is 0 Å². The summed E-state index contributed by atoms with van der Waals surface area (Å²) >= 11 is 0. The van der Waals surface area contributed by atoms with Gasteiger partial charge in [0, 0.05) is 11.6 Å². The molecule has 90 valence electrons. The van der Waals surface area contributed by atoms with Crippen LogP contribution in [0.15, 0.2) is 18.2 Å². The molecule has 2 nitrogen and oxygen atoms in total. The van der Waals surface area contributed by atoms with E-state index in [1.54, 1.807) is 7.11 Å². The third-order valence-electron chi connectivity index (χ3n) is 2.52. The minimum atomic E-state index is 0.00914. The van der Waals surface area contributed by atoms with Crippen LogP contribution in [-0.4, -0.2) is 7.11 Å². The van der Waals surface area contributed by atoms with Crippen LogP contribution in [0.3, 0.4) is 0 Å². The highest BCUT2D eigenvalue weighted by molar-refractivity contribution is 5.39. The van der Waals surface area contributed by atoms with E-state index in [2.05, 4.69) is 32.9 Å². The molecule has 0 radical (unpaired) electrons. The monoisotopic (exact) mass is 221 g/mol. The molecular weight excluding hydrogens is 198 g/mol. The second kappa shape index (κ2) is 4.88. The normalized spacial score (nSPS) is 13.6. The van der Waals surface area contributed by atoms with E-state index < -0.39 is 0 Å². The highest BCUT2D eigenvalue weighted by atomic mass is 16.5.